The van der Waals surface area contributed by atoms with Crippen molar-refractivity contribution in [2.75, 3.05) is 18.4 Å². The number of hydrogen-bond donors (Lipinski definition) is 2. The van der Waals surface area contributed by atoms with Gasteiger partial charge in [-0.2, -0.15) is 4.98 Å². The molecule has 2 heterocycles. The van der Waals surface area contributed by atoms with Gasteiger partial charge in [0, 0.05) is 12.2 Å². The Morgan fingerprint density at radius 3 is 2.95 bits per heavy atom. The first kappa shape index (κ1) is 13.8. The quantitative estimate of drug-likeness (QED) is 0.893. The Hall–Kier alpha value is -2.21. The predicted octanol–water partition coefficient (Wildman–Crippen LogP) is 1.64. The lowest BCUT2D eigenvalue weighted by Gasteiger charge is -2.03. The highest BCUT2D eigenvalue weighted by molar-refractivity contribution is 5.91. The van der Waals surface area contributed by atoms with Crippen molar-refractivity contribution in [2.45, 2.75) is 25.7 Å². The minimum absolute atomic E-state index is 0.123. The van der Waals surface area contributed by atoms with Crippen molar-refractivity contribution in [3.05, 3.63) is 41.5 Å². The molecule has 0 unspecified atom stereocenters. The minimum Gasteiger partial charge on any atom is -0.339 e. The zero-order valence-corrected chi connectivity index (χ0v) is 11.9. The van der Waals surface area contributed by atoms with Crippen LogP contribution in [0.5, 0.6) is 0 Å². The fourth-order valence-electron chi connectivity index (χ4n) is 2.36. The second-order valence-corrected chi connectivity index (χ2v) is 5.33. The summed E-state index contributed by atoms with van der Waals surface area (Å²) in [5, 5.41) is 9.96. The van der Waals surface area contributed by atoms with Gasteiger partial charge in [-0.25, -0.2) is 0 Å². The molecule has 21 heavy (non-hydrogen) atoms. The lowest BCUT2D eigenvalue weighted by Crippen LogP contribution is -2.15. The van der Waals surface area contributed by atoms with Crippen molar-refractivity contribution in [3.63, 3.8) is 0 Å². The number of hydrogen-bond acceptors (Lipinski definition) is 5. The summed E-state index contributed by atoms with van der Waals surface area (Å²) < 4.78 is 5.23. The molecule has 0 spiro atoms. The Morgan fingerprint density at radius 1 is 1.43 bits per heavy atom. The zero-order chi connectivity index (χ0) is 14.7. The molecule has 2 aromatic rings. The van der Waals surface area contributed by atoms with Gasteiger partial charge in [0.25, 0.3) is 0 Å². The van der Waals surface area contributed by atoms with Crippen LogP contribution in [0.1, 0.15) is 29.6 Å². The van der Waals surface area contributed by atoms with Crippen molar-refractivity contribution in [2.24, 2.45) is 0 Å². The maximum atomic E-state index is 12.0. The second-order valence-electron chi connectivity index (χ2n) is 5.33. The number of carbonyl (C=O) groups is 1. The molecular weight excluding hydrogens is 268 g/mol. The molecule has 0 aliphatic carbocycles. The second kappa shape index (κ2) is 6.05. The lowest BCUT2D eigenvalue weighted by atomic mass is 10.1. The first-order valence-corrected chi connectivity index (χ1v) is 7.10. The van der Waals surface area contributed by atoms with Gasteiger partial charge in [0.1, 0.15) is 0 Å². The molecule has 3 rings (SSSR count). The first-order valence-electron chi connectivity index (χ1n) is 7.10. The summed E-state index contributed by atoms with van der Waals surface area (Å²) in [6, 6.07) is 7.66. The van der Waals surface area contributed by atoms with E-state index in [1.54, 1.807) is 0 Å². The number of rotatable bonds is 4. The SMILES string of the molecule is Cc1ccc(NC(=O)Cc2noc([C@@H]3CCNC3)n2)cc1. The van der Waals surface area contributed by atoms with Crippen molar-refractivity contribution >= 4 is 11.6 Å². The molecule has 1 aliphatic heterocycles. The van der Waals surface area contributed by atoms with Crippen LogP contribution < -0.4 is 10.6 Å². The molecule has 0 bridgehead atoms. The summed E-state index contributed by atoms with van der Waals surface area (Å²) in [7, 11) is 0. The number of nitrogens with one attached hydrogen (secondary N) is 2. The van der Waals surface area contributed by atoms with Gasteiger partial charge in [-0.1, -0.05) is 22.9 Å². The van der Waals surface area contributed by atoms with Crippen molar-refractivity contribution < 1.29 is 9.32 Å². The van der Waals surface area contributed by atoms with E-state index in [4.69, 9.17) is 4.52 Å². The highest BCUT2D eigenvalue weighted by Crippen LogP contribution is 2.20. The number of amides is 1. The van der Waals surface area contributed by atoms with Crippen molar-refractivity contribution in [1.82, 2.24) is 15.5 Å². The molecule has 1 aromatic heterocycles. The zero-order valence-electron chi connectivity index (χ0n) is 11.9. The van der Waals surface area contributed by atoms with Crippen LogP contribution >= 0.6 is 0 Å². The molecule has 1 aromatic carbocycles. The van der Waals surface area contributed by atoms with Gasteiger partial charge in [-0.15, -0.1) is 0 Å². The van der Waals surface area contributed by atoms with Gasteiger partial charge >= 0.3 is 0 Å². The molecule has 1 fully saturated rings. The maximum absolute atomic E-state index is 12.0. The summed E-state index contributed by atoms with van der Waals surface area (Å²) in [5.41, 5.74) is 1.93. The topological polar surface area (TPSA) is 80.0 Å². The number of nitrogens with zero attached hydrogens (tertiary/aromatic N) is 2. The van der Waals surface area contributed by atoms with Crippen LogP contribution in [-0.2, 0) is 11.2 Å². The largest absolute Gasteiger partial charge is 0.339 e. The fraction of sp³-hybridized carbons (Fsp3) is 0.400. The maximum Gasteiger partial charge on any atom is 0.232 e. The Balaban J connectivity index is 1.58. The molecule has 1 saturated heterocycles. The van der Waals surface area contributed by atoms with Gasteiger partial charge in [0.2, 0.25) is 11.8 Å². The first-order chi connectivity index (χ1) is 10.2. The van der Waals surface area contributed by atoms with Crippen LogP contribution in [0.25, 0.3) is 0 Å². The molecule has 0 saturated carbocycles. The van der Waals surface area contributed by atoms with Crippen molar-refractivity contribution in [3.8, 4) is 0 Å². The monoisotopic (exact) mass is 286 g/mol. The van der Waals surface area contributed by atoms with Gasteiger partial charge in [0.05, 0.1) is 12.3 Å². The summed E-state index contributed by atoms with van der Waals surface area (Å²) in [4.78, 5) is 16.3. The molecular formula is C15H18N4O2. The van der Waals surface area contributed by atoms with E-state index in [0.717, 1.165) is 30.8 Å². The van der Waals surface area contributed by atoms with Crippen molar-refractivity contribution in [1.29, 1.82) is 0 Å². The average Bonchev–Trinajstić information content (AvgIpc) is 3.12. The molecule has 6 heteroatoms. The third kappa shape index (κ3) is 3.46. The third-order valence-electron chi connectivity index (χ3n) is 3.55. The number of benzene rings is 1. The number of aromatic nitrogens is 2. The van der Waals surface area contributed by atoms with Gasteiger partial charge < -0.3 is 15.2 Å². The molecule has 0 radical (unpaired) electrons. The van der Waals surface area contributed by atoms with E-state index in [0.29, 0.717) is 11.7 Å². The Kier molecular flexibility index (Phi) is 3.96. The summed E-state index contributed by atoms with van der Waals surface area (Å²) in [6.07, 6.45) is 1.12. The fourth-order valence-corrected chi connectivity index (χ4v) is 2.36. The normalized spacial score (nSPS) is 17.9. The average molecular weight is 286 g/mol. The smallest absolute Gasteiger partial charge is 0.232 e. The van der Waals surface area contributed by atoms with Gasteiger partial charge in [-0.3, -0.25) is 4.79 Å². The standard InChI is InChI=1S/C15H18N4O2/c1-10-2-4-12(5-3-10)17-14(20)8-13-18-15(21-19-13)11-6-7-16-9-11/h2-5,11,16H,6-9H2,1H3,(H,17,20)/t11-/m1/s1. The van der Waals surface area contributed by atoms with Crippen LogP contribution in [0.3, 0.4) is 0 Å². The summed E-state index contributed by atoms with van der Waals surface area (Å²) in [5.74, 6) is 1.18. The van der Waals surface area contributed by atoms with E-state index in [1.165, 1.54) is 0 Å². The predicted molar refractivity (Wildman–Crippen MR) is 78.0 cm³/mol. The molecule has 1 amide bonds. The van der Waals surface area contributed by atoms with E-state index >= 15 is 0 Å². The summed E-state index contributed by atoms with van der Waals surface area (Å²) in [6.45, 7) is 3.83. The highest BCUT2D eigenvalue weighted by Gasteiger charge is 2.23. The molecule has 1 aliphatic rings. The minimum atomic E-state index is -0.143. The molecule has 1 atom stereocenters. The summed E-state index contributed by atoms with van der Waals surface area (Å²) >= 11 is 0. The van der Waals surface area contributed by atoms with E-state index < -0.39 is 0 Å². The molecule has 6 nitrogen and oxygen atoms in total. The van der Waals surface area contributed by atoms with E-state index in [9.17, 15) is 4.79 Å². The van der Waals surface area contributed by atoms with E-state index in [1.807, 2.05) is 31.2 Å². The highest BCUT2D eigenvalue weighted by atomic mass is 16.5. The number of carbonyl (C=O) groups excluding carboxylic acids is 1. The van der Waals surface area contributed by atoms with Gasteiger partial charge in [0.15, 0.2) is 5.82 Å². The van der Waals surface area contributed by atoms with Crippen LogP contribution in [0.15, 0.2) is 28.8 Å². The van der Waals surface area contributed by atoms with Crippen LogP contribution in [0.4, 0.5) is 5.69 Å². The van der Waals surface area contributed by atoms with Gasteiger partial charge in [-0.05, 0) is 32.0 Å². The molecule has 2 N–H and O–H groups in total. The van der Waals surface area contributed by atoms with E-state index in [2.05, 4.69) is 20.8 Å². The van der Waals surface area contributed by atoms with Crippen LogP contribution in [0.2, 0.25) is 0 Å². The molecule has 110 valence electrons. The lowest BCUT2D eigenvalue weighted by molar-refractivity contribution is -0.115. The number of anilines is 1. The Bertz CT molecular complexity index is 615. The van der Waals surface area contributed by atoms with Crippen LogP contribution in [0, 0.1) is 6.92 Å². The van der Waals surface area contributed by atoms with Crippen LogP contribution in [-0.4, -0.2) is 29.1 Å². The third-order valence-corrected chi connectivity index (χ3v) is 3.55. The van der Waals surface area contributed by atoms with E-state index in [-0.39, 0.29) is 18.2 Å². The Labute approximate surface area is 122 Å². The number of aryl methyl sites for hydroxylation is 1. The Morgan fingerprint density at radius 2 is 2.24 bits per heavy atom.